The Labute approximate surface area is 129 Å². The van der Waals surface area contributed by atoms with Crippen LogP contribution in [0.1, 0.15) is 44.1 Å². The Morgan fingerprint density at radius 1 is 1.36 bits per heavy atom. The van der Waals surface area contributed by atoms with E-state index in [0.29, 0.717) is 12.5 Å². The van der Waals surface area contributed by atoms with Crippen LogP contribution in [0, 0.1) is 0 Å². The number of hydrogen-bond acceptors (Lipinski definition) is 5. The highest BCUT2D eigenvalue weighted by Gasteiger charge is 2.11. The Bertz CT molecular complexity index is 719. The summed E-state index contributed by atoms with van der Waals surface area (Å²) in [5, 5.41) is 12.5. The van der Waals surface area contributed by atoms with Crippen LogP contribution in [0.2, 0.25) is 0 Å². The first-order valence-electron chi connectivity index (χ1n) is 7.52. The minimum absolute atomic E-state index is 0.430. The molecule has 3 rings (SSSR count). The summed E-state index contributed by atoms with van der Waals surface area (Å²) in [6, 6.07) is 5.74. The third-order valence-corrected chi connectivity index (χ3v) is 3.62. The summed E-state index contributed by atoms with van der Waals surface area (Å²) < 4.78 is 7.16. The Kier molecular flexibility index (Phi) is 4.27. The van der Waals surface area contributed by atoms with Crippen molar-refractivity contribution in [3.05, 3.63) is 48.2 Å². The quantitative estimate of drug-likeness (QED) is 0.698. The van der Waals surface area contributed by atoms with Gasteiger partial charge in [0, 0.05) is 36.1 Å². The zero-order valence-corrected chi connectivity index (χ0v) is 12.8. The summed E-state index contributed by atoms with van der Waals surface area (Å²) in [6.45, 7) is 4.88. The molecule has 0 fully saturated rings. The molecule has 3 aromatic rings. The molecule has 0 aliphatic heterocycles. The second-order valence-electron chi connectivity index (χ2n) is 5.45. The smallest absolute Gasteiger partial charge is 0.158 e. The molecule has 6 nitrogen and oxygen atoms in total. The molecule has 0 aliphatic rings. The first kappa shape index (κ1) is 14.4. The van der Waals surface area contributed by atoms with E-state index in [4.69, 9.17) is 4.52 Å². The summed E-state index contributed by atoms with van der Waals surface area (Å²) in [5.41, 5.74) is 2.74. The van der Waals surface area contributed by atoms with Crippen molar-refractivity contribution in [1.29, 1.82) is 0 Å². The SMILES string of the molecule is CCCC(C)c1cn(Cc2cc(-c3cccnc3)no2)nn1. The van der Waals surface area contributed by atoms with Crippen molar-refractivity contribution in [2.24, 2.45) is 0 Å². The van der Waals surface area contributed by atoms with E-state index >= 15 is 0 Å². The Morgan fingerprint density at radius 3 is 3.05 bits per heavy atom. The second-order valence-corrected chi connectivity index (χ2v) is 5.45. The van der Waals surface area contributed by atoms with Gasteiger partial charge in [-0.2, -0.15) is 0 Å². The normalized spacial score (nSPS) is 12.5. The minimum Gasteiger partial charge on any atom is -0.359 e. The first-order chi connectivity index (χ1) is 10.8. The highest BCUT2D eigenvalue weighted by atomic mass is 16.5. The molecule has 0 N–H and O–H groups in total. The van der Waals surface area contributed by atoms with E-state index in [-0.39, 0.29) is 0 Å². The van der Waals surface area contributed by atoms with Gasteiger partial charge < -0.3 is 4.52 Å². The first-order valence-corrected chi connectivity index (χ1v) is 7.52. The Balaban J connectivity index is 1.70. The molecule has 1 unspecified atom stereocenters. The van der Waals surface area contributed by atoms with E-state index in [9.17, 15) is 0 Å². The van der Waals surface area contributed by atoms with E-state index in [0.717, 1.165) is 35.6 Å². The van der Waals surface area contributed by atoms with Gasteiger partial charge in [0.05, 0.1) is 5.69 Å². The predicted octanol–water partition coefficient (Wildman–Crippen LogP) is 3.28. The molecule has 0 saturated carbocycles. The lowest BCUT2D eigenvalue weighted by Crippen LogP contribution is -1.99. The summed E-state index contributed by atoms with van der Waals surface area (Å²) >= 11 is 0. The molecule has 3 heterocycles. The van der Waals surface area contributed by atoms with Crippen molar-refractivity contribution >= 4 is 0 Å². The maximum absolute atomic E-state index is 5.37. The van der Waals surface area contributed by atoms with Gasteiger partial charge in [-0.1, -0.05) is 30.6 Å². The molecular formula is C16H19N5O. The van der Waals surface area contributed by atoms with E-state index in [1.807, 2.05) is 24.4 Å². The Hall–Kier alpha value is -2.50. The summed E-state index contributed by atoms with van der Waals surface area (Å²) in [5.74, 6) is 1.18. The third-order valence-electron chi connectivity index (χ3n) is 3.62. The predicted molar refractivity (Wildman–Crippen MR) is 82.2 cm³/mol. The molecule has 0 saturated heterocycles. The van der Waals surface area contributed by atoms with Gasteiger partial charge in [0.1, 0.15) is 12.2 Å². The van der Waals surface area contributed by atoms with Crippen LogP contribution >= 0.6 is 0 Å². The van der Waals surface area contributed by atoms with Crippen molar-refractivity contribution in [1.82, 2.24) is 25.1 Å². The molecule has 0 amide bonds. The maximum Gasteiger partial charge on any atom is 0.158 e. The summed E-state index contributed by atoms with van der Waals surface area (Å²) in [4.78, 5) is 4.09. The average molecular weight is 297 g/mol. The molecule has 0 spiro atoms. The molecule has 0 aromatic carbocycles. The minimum atomic E-state index is 0.430. The number of hydrogen-bond donors (Lipinski definition) is 0. The lowest BCUT2D eigenvalue weighted by atomic mass is 10.0. The molecule has 3 aromatic heterocycles. The lowest BCUT2D eigenvalue weighted by Gasteiger charge is -2.03. The average Bonchev–Trinajstić information content (AvgIpc) is 3.18. The number of aromatic nitrogens is 5. The number of rotatable bonds is 6. The largest absolute Gasteiger partial charge is 0.359 e. The van der Waals surface area contributed by atoms with Crippen molar-refractivity contribution < 1.29 is 4.52 Å². The van der Waals surface area contributed by atoms with Gasteiger partial charge in [-0.05, 0) is 18.6 Å². The zero-order chi connectivity index (χ0) is 15.4. The van der Waals surface area contributed by atoms with Crippen LogP contribution in [-0.4, -0.2) is 25.1 Å². The van der Waals surface area contributed by atoms with Gasteiger partial charge in [-0.25, -0.2) is 4.68 Å². The summed E-state index contributed by atoms with van der Waals surface area (Å²) in [6.07, 6.45) is 7.74. The highest BCUT2D eigenvalue weighted by Crippen LogP contribution is 2.20. The highest BCUT2D eigenvalue weighted by molar-refractivity contribution is 5.57. The molecule has 22 heavy (non-hydrogen) atoms. The molecular weight excluding hydrogens is 278 g/mol. The number of pyridine rings is 1. The summed E-state index contributed by atoms with van der Waals surface area (Å²) in [7, 11) is 0. The molecule has 0 aliphatic carbocycles. The van der Waals surface area contributed by atoms with Crippen molar-refractivity contribution in [2.45, 2.75) is 39.2 Å². The van der Waals surface area contributed by atoms with E-state index in [2.05, 4.69) is 34.3 Å². The van der Waals surface area contributed by atoms with Crippen LogP contribution in [-0.2, 0) is 6.54 Å². The zero-order valence-electron chi connectivity index (χ0n) is 12.8. The fourth-order valence-electron chi connectivity index (χ4n) is 2.39. The van der Waals surface area contributed by atoms with Crippen LogP contribution in [0.25, 0.3) is 11.3 Å². The van der Waals surface area contributed by atoms with Gasteiger partial charge in [0.15, 0.2) is 5.76 Å². The van der Waals surface area contributed by atoms with Crippen LogP contribution in [0.5, 0.6) is 0 Å². The van der Waals surface area contributed by atoms with Crippen molar-refractivity contribution in [3.8, 4) is 11.3 Å². The monoisotopic (exact) mass is 297 g/mol. The van der Waals surface area contributed by atoms with Gasteiger partial charge in [-0.15, -0.1) is 5.10 Å². The van der Waals surface area contributed by atoms with Crippen LogP contribution in [0.15, 0.2) is 41.3 Å². The third kappa shape index (κ3) is 3.21. The van der Waals surface area contributed by atoms with Crippen LogP contribution < -0.4 is 0 Å². The molecule has 0 radical (unpaired) electrons. The topological polar surface area (TPSA) is 69.6 Å². The number of nitrogens with zero attached hydrogens (tertiary/aromatic N) is 5. The lowest BCUT2D eigenvalue weighted by molar-refractivity contribution is 0.371. The van der Waals surface area contributed by atoms with Gasteiger partial charge in [-0.3, -0.25) is 4.98 Å². The molecule has 114 valence electrons. The molecule has 6 heteroatoms. The van der Waals surface area contributed by atoms with Crippen LogP contribution in [0.3, 0.4) is 0 Å². The maximum atomic E-state index is 5.37. The fraction of sp³-hybridized carbons (Fsp3) is 0.375. The fourth-order valence-corrected chi connectivity index (χ4v) is 2.39. The molecule has 0 bridgehead atoms. The standard InChI is InChI=1S/C16H19N5O/c1-3-5-12(2)16-11-21(20-18-16)10-14-8-15(19-22-14)13-6-4-7-17-9-13/h4,6-9,11-12H,3,5,10H2,1-2H3. The van der Waals surface area contributed by atoms with Crippen molar-refractivity contribution in [2.75, 3.05) is 0 Å². The van der Waals surface area contributed by atoms with E-state index in [1.165, 1.54) is 0 Å². The van der Waals surface area contributed by atoms with Gasteiger partial charge in [0.2, 0.25) is 0 Å². The van der Waals surface area contributed by atoms with Gasteiger partial charge in [0.25, 0.3) is 0 Å². The van der Waals surface area contributed by atoms with Gasteiger partial charge >= 0.3 is 0 Å². The van der Waals surface area contributed by atoms with Crippen molar-refractivity contribution in [3.63, 3.8) is 0 Å². The van der Waals surface area contributed by atoms with E-state index < -0.39 is 0 Å². The Morgan fingerprint density at radius 2 is 2.27 bits per heavy atom. The second kappa shape index (κ2) is 6.51. The van der Waals surface area contributed by atoms with E-state index in [1.54, 1.807) is 17.1 Å². The molecule has 1 atom stereocenters. The van der Waals surface area contributed by atoms with Crippen LogP contribution in [0.4, 0.5) is 0 Å².